The van der Waals surface area contributed by atoms with Crippen molar-refractivity contribution in [2.45, 2.75) is 31.4 Å². The molecule has 1 atom stereocenters. The zero-order chi connectivity index (χ0) is 14.0. The summed E-state index contributed by atoms with van der Waals surface area (Å²) in [6.45, 7) is 2.25. The number of anilines is 1. The second-order valence-electron chi connectivity index (χ2n) is 4.84. The number of sulfonamides is 1. The Labute approximate surface area is 113 Å². The van der Waals surface area contributed by atoms with Gasteiger partial charge in [0.1, 0.15) is 5.25 Å². The lowest BCUT2D eigenvalue weighted by molar-refractivity contribution is -0.117. The maximum absolute atomic E-state index is 11.8. The highest BCUT2D eigenvalue weighted by molar-refractivity contribution is 7.89. The van der Waals surface area contributed by atoms with Crippen molar-refractivity contribution >= 4 is 21.6 Å². The van der Waals surface area contributed by atoms with Crippen molar-refractivity contribution in [3.63, 3.8) is 0 Å². The van der Waals surface area contributed by atoms with Crippen LogP contribution >= 0.6 is 0 Å². The lowest BCUT2D eigenvalue weighted by Crippen LogP contribution is -2.32. The van der Waals surface area contributed by atoms with Gasteiger partial charge in [0.15, 0.2) is 0 Å². The first-order valence-electron chi connectivity index (χ1n) is 6.32. The van der Waals surface area contributed by atoms with Crippen molar-refractivity contribution in [1.82, 2.24) is 0 Å². The number of rotatable bonds is 4. The predicted octanol–water partition coefficient (Wildman–Crippen LogP) is 1.03. The van der Waals surface area contributed by atoms with E-state index >= 15 is 0 Å². The van der Waals surface area contributed by atoms with Crippen LogP contribution in [-0.2, 0) is 21.2 Å². The molecule has 0 saturated carbocycles. The number of benzene rings is 1. The number of hydrogen-bond donors (Lipinski definition) is 1. The largest absolute Gasteiger partial charge is 0.311 e. The van der Waals surface area contributed by atoms with E-state index in [0.29, 0.717) is 0 Å². The zero-order valence-corrected chi connectivity index (χ0v) is 11.7. The third-order valence-electron chi connectivity index (χ3n) is 3.34. The number of hydrogen-bond acceptors (Lipinski definition) is 3. The molecule has 0 aromatic heterocycles. The second kappa shape index (κ2) is 5.30. The summed E-state index contributed by atoms with van der Waals surface area (Å²) in [6.07, 6.45) is 2.03. The van der Waals surface area contributed by atoms with E-state index in [0.717, 1.165) is 18.5 Å². The molecule has 19 heavy (non-hydrogen) atoms. The van der Waals surface area contributed by atoms with Crippen LogP contribution in [0.2, 0.25) is 0 Å². The van der Waals surface area contributed by atoms with Crippen LogP contribution in [0.25, 0.3) is 0 Å². The van der Waals surface area contributed by atoms with E-state index in [-0.39, 0.29) is 18.9 Å². The van der Waals surface area contributed by atoms with Gasteiger partial charge in [-0.2, -0.15) is 0 Å². The van der Waals surface area contributed by atoms with Crippen LogP contribution in [0, 0.1) is 0 Å². The van der Waals surface area contributed by atoms with Crippen molar-refractivity contribution in [1.29, 1.82) is 0 Å². The average Bonchev–Trinajstić information content (AvgIpc) is 2.73. The number of aryl methyl sites for hydroxylation is 1. The van der Waals surface area contributed by atoms with Gasteiger partial charge in [-0.25, -0.2) is 13.6 Å². The summed E-state index contributed by atoms with van der Waals surface area (Å²) in [6, 6.07) is 7.65. The summed E-state index contributed by atoms with van der Waals surface area (Å²) < 4.78 is 22.6. The van der Waals surface area contributed by atoms with E-state index < -0.39 is 15.3 Å². The van der Waals surface area contributed by atoms with E-state index in [1.165, 1.54) is 10.5 Å². The van der Waals surface area contributed by atoms with Crippen molar-refractivity contribution in [3.05, 3.63) is 29.8 Å². The molecule has 1 heterocycles. The third-order valence-corrected chi connectivity index (χ3v) is 4.59. The zero-order valence-electron chi connectivity index (χ0n) is 10.9. The molecule has 2 rings (SSSR count). The van der Waals surface area contributed by atoms with E-state index in [1.807, 2.05) is 24.3 Å². The lowest BCUT2D eigenvalue weighted by atomic mass is 10.1. The number of carbonyl (C=O) groups excluding carboxylic acids is 1. The Balaban J connectivity index is 2.16. The summed E-state index contributed by atoms with van der Waals surface area (Å²) in [5.74, 6) is -0.192. The fourth-order valence-corrected chi connectivity index (χ4v) is 3.01. The Hall–Kier alpha value is -1.40. The van der Waals surface area contributed by atoms with Crippen LogP contribution in [-0.4, -0.2) is 26.1 Å². The van der Waals surface area contributed by atoms with Gasteiger partial charge in [-0.1, -0.05) is 25.5 Å². The maximum Gasteiger partial charge on any atom is 0.228 e. The number of carbonyl (C=O) groups is 1. The van der Waals surface area contributed by atoms with Gasteiger partial charge in [0.25, 0.3) is 0 Å². The molecule has 104 valence electrons. The van der Waals surface area contributed by atoms with Crippen molar-refractivity contribution in [2.75, 3.05) is 11.4 Å². The highest BCUT2D eigenvalue weighted by Gasteiger charge is 2.37. The quantitative estimate of drug-likeness (QED) is 0.895. The van der Waals surface area contributed by atoms with Crippen LogP contribution in [0.1, 0.15) is 25.3 Å². The molecule has 0 aliphatic carbocycles. The Kier molecular flexibility index (Phi) is 3.91. The first kappa shape index (κ1) is 14.0. The SMILES string of the molecule is CCCc1ccc(N2CC(S(N)(=O)=O)CC2=O)cc1. The summed E-state index contributed by atoms with van der Waals surface area (Å²) in [5.41, 5.74) is 1.94. The molecule has 6 heteroatoms. The molecule has 1 fully saturated rings. The smallest absolute Gasteiger partial charge is 0.228 e. The fourth-order valence-electron chi connectivity index (χ4n) is 2.28. The lowest BCUT2D eigenvalue weighted by Gasteiger charge is -2.16. The monoisotopic (exact) mass is 282 g/mol. The molecular formula is C13H18N2O3S. The minimum Gasteiger partial charge on any atom is -0.311 e. The minimum atomic E-state index is -3.66. The van der Waals surface area contributed by atoms with Crippen LogP contribution in [0.4, 0.5) is 5.69 Å². The summed E-state index contributed by atoms with van der Waals surface area (Å²) in [7, 11) is -3.66. The molecule has 2 N–H and O–H groups in total. The molecule has 0 bridgehead atoms. The Morgan fingerprint density at radius 1 is 1.32 bits per heavy atom. The summed E-state index contributed by atoms with van der Waals surface area (Å²) in [5, 5.41) is 4.30. The average molecular weight is 282 g/mol. The number of primary sulfonamides is 1. The summed E-state index contributed by atoms with van der Waals surface area (Å²) in [4.78, 5) is 13.3. The first-order chi connectivity index (χ1) is 8.91. The predicted molar refractivity (Wildman–Crippen MR) is 74.3 cm³/mol. The molecule has 1 amide bonds. The summed E-state index contributed by atoms with van der Waals surface area (Å²) >= 11 is 0. The van der Waals surface area contributed by atoms with Crippen LogP contribution < -0.4 is 10.0 Å². The molecule has 1 aliphatic heterocycles. The van der Waals surface area contributed by atoms with Gasteiger partial charge in [0.2, 0.25) is 15.9 Å². The number of nitrogens with two attached hydrogens (primary N) is 1. The number of nitrogens with zero attached hydrogens (tertiary/aromatic N) is 1. The fraction of sp³-hybridized carbons (Fsp3) is 0.462. The molecule has 1 aromatic carbocycles. The van der Waals surface area contributed by atoms with Crippen LogP contribution in [0.3, 0.4) is 0 Å². The van der Waals surface area contributed by atoms with E-state index in [9.17, 15) is 13.2 Å². The van der Waals surface area contributed by atoms with Crippen LogP contribution in [0.15, 0.2) is 24.3 Å². The standard InChI is InChI=1S/C13H18N2O3S/c1-2-3-10-4-6-11(7-5-10)15-9-12(8-13(15)16)19(14,17)18/h4-7,12H,2-3,8-9H2,1H3,(H2,14,17,18). The third kappa shape index (κ3) is 3.13. The highest BCUT2D eigenvalue weighted by atomic mass is 32.2. The van der Waals surface area contributed by atoms with Gasteiger partial charge < -0.3 is 4.90 Å². The van der Waals surface area contributed by atoms with Gasteiger partial charge in [0, 0.05) is 18.7 Å². The molecule has 0 spiro atoms. The Morgan fingerprint density at radius 3 is 2.42 bits per heavy atom. The van der Waals surface area contributed by atoms with E-state index in [1.54, 1.807) is 0 Å². The topological polar surface area (TPSA) is 80.5 Å². The molecule has 1 unspecified atom stereocenters. The van der Waals surface area contributed by atoms with Crippen molar-refractivity contribution < 1.29 is 13.2 Å². The van der Waals surface area contributed by atoms with Gasteiger partial charge in [-0.15, -0.1) is 0 Å². The Bertz CT molecular complexity index is 566. The second-order valence-corrected chi connectivity index (χ2v) is 6.68. The molecule has 1 aromatic rings. The minimum absolute atomic E-state index is 0.0322. The highest BCUT2D eigenvalue weighted by Crippen LogP contribution is 2.24. The van der Waals surface area contributed by atoms with Crippen molar-refractivity contribution in [2.24, 2.45) is 5.14 Å². The molecule has 5 nitrogen and oxygen atoms in total. The molecule has 0 radical (unpaired) electrons. The van der Waals surface area contributed by atoms with E-state index in [2.05, 4.69) is 6.92 Å². The molecular weight excluding hydrogens is 264 g/mol. The van der Waals surface area contributed by atoms with Crippen molar-refractivity contribution in [3.8, 4) is 0 Å². The van der Waals surface area contributed by atoms with Gasteiger partial charge in [-0.3, -0.25) is 4.79 Å². The van der Waals surface area contributed by atoms with Gasteiger partial charge in [0.05, 0.1) is 0 Å². The first-order valence-corrected chi connectivity index (χ1v) is 7.93. The van der Waals surface area contributed by atoms with Gasteiger partial charge >= 0.3 is 0 Å². The molecule has 1 saturated heterocycles. The Morgan fingerprint density at radius 2 is 1.95 bits per heavy atom. The van der Waals surface area contributed by atoms with E-state index in [4.69, 9.17) is 5.14 Å². The molecule has 1 aliphatic rings. The van der Waals surface area contributed by atoms with Gasteiger partial charge in [-0.05, 0) is 24.1 Å². The normalized spacial score (nSPS) is 20.0. The van der Waals surface area contributed by atoms with Crippen LogP contribution in [0.5, 0.6) is 0 Å². The number of amides is 1. The maximum atomic E-state index is 11.8.